The molecule has 1 N–H and O–H groups in total. The number of aryl methyl sites for hydroxylation is 1. The van der Waals surface area contributed by atoms with Crippen LogP contribution in [0.5, 0.6) is 0 Å². The van der Waals surface area contributed by atoms with Crippen LogP contribution in [-0.4, -0.2) is 10.1 Å². The molecule has 0 radical (unpaired) electrons. The van der Waals surface area contributed by atoms with Crippen molar-refractivity contribution in [2.45, 2.75) is 32.3 Å². The van der Waals surface area contributed by atoms with Gasteiger partial charge in [-0.1, -0.05) is 37.3 Å². The number of rotatable bonds is 4. The molecule has 0 bridgehead atoms. The Kier molecular flexibility index (Phi) is 3.78. The van der Waals surface area contributed by atoms with Gasteiger partial charge in [0.05, 0.1) is 5.60 Å². The van der Waals surface area contributed by atoms with Crippen LogP contribution in [0.3, 0.4) is 0 Å². The standard InChI is InChI=1S/C16H19NO/c1-3-13-6-8-15(9-7-13)16(2,18)11-14-5-4-10-17-12-14/h4-10,12,18H,3,11H2,1-2H3. The monoisotopic (exact) mass is 241 g/mol. The fourth-order valence-electron chi connectivity index (χ4n) is 2.10. The highest BCUT2D eigenvalue weighted by Gasteiger charge is 2.23. The molecule has 1 atom stereocenters. The zero-order valence-electron chi connectivity index (χ0n) is 10.9. The molecule has 18 heavy (non-hydrogen) atoms. The van der Waals surface area contributed by atoms with Crippen LogP contribution in [0.1, 0.15) is 30.5 Å². The number of benzene rings is 1. The van der Waals surface area contributed by atoms with E-state index in [4.69, 9.17) is 0 Å². The van der Waals surface area contributed by atoms with Gasteiger partial charge in [-0.05, 0) is 36.1 Å². The first-order valence-electron chi connectivity index (χ1n) is 6.32. The topological polar surface area (TPSA) is 33.1 Å². The summed E-state index contributed by atoms with van der Waals surface area (Å²) in [4.78, 5) is 4.08. The molecule has 2 nitrogen and oxygen atoms in total. The summed E-state index contributed by atoms with van der Waals surface area (Å²) in [5.74, 6) is 0. The third-order valence-corrected chi connectivity index (χ3v) is 3.26. The molecule has 0 spiro atoms. The maximum Gasteiger partial charge on any atom is 0.0909 e. The molecular formula is C16H19NO. The molecule has 1 unspecified atom stereocenters. The van der Waals surface area contributed by atoms with Crippen LogP contribution >= 0.6 is 0 Å². The van der Waals surface area contributed by atoms with Crippen LogP contribution < -0.4 is 0 Å². The van der Waals surface area contributed by atoms with Crippen molar-refractivity contribution < 1.29 is 5.11 Å². The number of hydrogen-bond acceptors (Lipinski definition) is 2. The van der Waals surface area contributed by atoms with E-state index in [9.17, 15) is 5.11 Å². The van der Waals surface area contributed by atoms with Gasteiger partial charge in [-0.25, -0.2) is 0 Å². The molecule has 0 saturated carbocycles. The van der Waals surface area contributed by atoms with Gasteiger partial charge in [0.1, 0.15) is 0 Å². The molecule has 0 amide bonds. The van der Waals surface area contributed by atoms with Gasteiger partial charge in [-0.3, -0.25) is 4.98 Å². The normalized spacial score (nSPS) is 14.2. The fraction of sp³-hybridized carbons (Fsp3) is 0.312. The maximum atomic E-state index is 10.6. The lowest BCUT2D eigenvalue weighted by Crippen LogP contribution is -2.24. The molecule has 2 rings (SSSR count). The molecule has 1 aromatic heterocycles. The smallest absolute Gasteiger partial charge is 0.0909 e. The van der Waals surface area contributed by atoms with Gasteiger partial charge in [0, 0.05) is 18.8 Å². The summed E-state index contributed by atoms with van der Waals surface area (Å²) in [6.07, 6.45) is 5.14. The summed E-state index contributed by atoms with van der Waals surface area (Å²) in [6.45, 7) is 3.98. The number of hydrogen-bond donors (Lipinski definition) is 1. The highest BCUT2D eigenvalue weighted by atomic mass is 16.3. The summed E-state index contributed by atoms with van der Waals surface area (Å²) < 4.78 is 0. The van der Waals surface area contributed by atoms with E-state index in [0.717, 1.165) is 17.5 Å². The van der Waals surface area contributed by atoms with Crippen molar-refractivity contribution >= 4 is 0 Å². The van der Waals surface area contributed by atoms with Gasteiger partial charge in [0.15, 0.2) is 0 Å². The Morgan fingerprint density at radius 3 is 2.39 bits per heavy atom. The van der Waals surface area contributed by atoms with Crippen molar-refractivity contribution in [2.75, 3.05) is 0 Å². The zero-order chi connectivity index (χ0) is 13.0. The van der Waals surface area contributed by atoms with Crippen LogP contribution in [0.4, 0.5) is 0 Å². The Morgan fingerprint density at radius 1 is 1.11 bits per heavy atom. The first-order chi connectivity index (χ1) is 8.62. The Bertz CT molecular complexity index is 488. The van der Waals surface area contributed by atoms with Crippen LogP contribution in [0, 0.1) is 0 Å². The summed E-state index contributed by atoms with van der Waals surface area (Å²) in [5, 5.41) is 10.6. The van der Waals surface area contributed by atoms with Crippen LogP contribution in [-0.2, 0) is 18.4 Å². The van der Waals surface area contributed by atoms with E-state index < -0.39 is 5.60 Å². The van der Waals surface area contributed by atoms with Gasteiger partial charge in [0.25, 0.3) is 0 Å². The number of nitrogens with zero attached hydrogens (tertiary/aromatic N) is 1. The Hall–Kier alpha value is -1.67. The lowest BCUT2D eigenvalue weighted by atomic mass is 9.89. The van der Waals surface area contributed by atoms with Crippen molar-refractivity contribution in [2.24, 2.45) is 0 Å². The SMILES string of the molecule is CCc1ccc(C(C)(O)Cc2cccnc2)cc1. The minimum atomic E-state index is -0.852. The Balaban J connectivity index is 2.19. The number of aliphatic hydroxyl groups is 1. The molecule has 0 fully saturated rings. The lowest BCUT2D eigenvalue weighted by Gasteiger charge is -2.24. The molecule has 0 aliphatic heterocycles. The third kappa shape index (κ3) is 2.96. The minimum absolute atomic E-state index is 0.576. The molecule has 2 heteroatoms. The average Bonchev–Trinajstić information content (AvgIpc) is 2.39. The van der Waals surface area contributed by atoms with Crippen LogP contribution in [0.25, 0.3) is 0 Å². The van der Waals surface area contributed by atoms with E-state index in [1.54, 1.807) is 12.4 Å². The van der Waals surface area contributed by atoms with E-state index in [0.29, 0.717) is 6.42 Å². The van der Waals surface area contributed by atoms with Gasteiger partial charge in [-0.15, -0.1) is 0 Å². The first kappa shape index (κ1) is 12.8. The molecule has 2 aromatic rings. The second kappa shape index (κ2) is 5.32. The van der Waals surface area contributed by atoms with Crippen LogP contribution in [0.2, 0.25) is 0 Å². The summed E-state index contributed by atoms with van der Waals surface area (Å²) in [7, 11) is 0. The summed E-state index contributed by atoms with van der Waals surface area (Å²) in [5.41, 5.74) is 2.43. The van der Waals surface area contributed by atoms with Crippen molar-refractivity contribution in [3.63, 3.8) is 0 Å². The van der Waals surface area contributed by atoms with E-state index in [2.05, 4.69) is 24.0 Å². The van der Waals surface area contributed by atoms with Gasteiger partial charge >= 0.3 is 0 Å². The Labute approximate surface area is 108 Å². The lowest BCUT2D eigenvalue weighted by molar-refractivity contribution is 0.0575. The first-order valence-corrected chi connectivity index (χ1v) is 6.32. The van der Waals surface area contributed by atoms with E-state index >= 15 is 0 Å². The highest BCUT2D eigenvalue weighted by molar-refractivity contribution is 5.28. The molecule has 1 heterocycles. The van der Waals surface area contributed by atoms with E-state index in [-0.39, 0.29) is 0 Å². The van der Waals surface area contributed by atoms with Crippen LogP contribution in [0.15, 0.2) is 48.8 Å². The maximum absolute atomic E-state index is 10.6. The van der Waals surface area contributed by atoms with Crippen molar-refractivity contribution in [1.29, 1.82) is 0 Å². The fourth-order valence-corrected chi connectivity index (χ4v) is 2.10. The predicted molar refractivity (Wildman–Crippen MR) is 73.3 cm³/mol. The second-order valence-electron chi connectivity index (χ2n) is 4.86. The quantitative estimate of drug-likeness (QED) is 0.892. The largest absolute Gasteiger partial charge is 0.385 e. The van der Waals surface area contributed by atoms with Crippen molar-refractivity contribution in [3.05, 3.63) is 65.5 Å². The average molecular weight is 241 g/mol. The number of pyridine rings is 1. The van der Waals surface area contributed by atoms with Crippen molar-refractivity contribution in [1.82, 2.24) is 4.98 Å². The molecule has 94 valence electrons. The summed E-state index contributed by atoms with van der Waals surface area (Å²) in [6, 6.07) is 12.1. The highest BCUT2D eigenvalue weighted by Crippen LogP contribution is 2.25. The molecule has 0 aliphatic carbocycles. The van der Waals surface area contributed by atoms with E-state index in [1.807, 2.05) is 31.2 Å². The van der Waals surface area contributed by atoms with Gasteiger partial charge < -0.3 is 5.11 Å². The van der Waals surface area contributed by atoms with Gasteiger partial charge in [-0.2, -0.15) is 0 Å². The van der Waals surface area contributed by atoms with Crippen molar-refractivity contribution in [3.8, 4) is 0 Å². The third-order valence-electron chi connectivity index (χ3n) is 3.26. The van der Waals surface area contributed by atoms with Gasteiger partial charge in [0.2, 0.25) is 0 Å². The molecule has 1 aromatic carbocycles. The zero-order valence-corrected chi connectivity index (χ0v) is 10.9. The molecular weight excluding hydrogens is 222 g/mol. The Morgan fingerprint density at radius 2 is 1.83 bits per heavy atom. The number of aromatic nitrogens is 1. The molecule has 0 aliphatic rings. The predicted octanol–water partition coefficient (Wildman–Crippen LogP) is 3.09. The van der Waals surface area contributed by atoms with E-state index in [1.165, 1.54) is 5.56 Å². The molecule has 0 saturated heterocycles. The minimum Gasteiger partial charge on any atom is -0.385 e. The summed E-state index contributed by atoms with van der Waals surface area (Å²) >= 11 is 0. The second-order valence-corrected chi connectivity index (χ2v) is 4.86.